The number of hydrogen-bond donors (Lipinski definition) is 0. The Kier molecular flexibility index (Phi) is 53.4. The molecule has 0 aromatic heterocycles. The molecular weight excluding hydrogens is 841 g/mol. The van der Waals surface area contributed by atoms with Crippen LogP contribution < -0.4 is 0 Å². The normalized spacial score (nSPS) is 12.7. The Balaban J connectivity index is 4.47. The summed E-state index contributed by atoms with van der Waals surface area (Å²) >= 11 is 0. The molecule has 1 unspecified atom stereocenters. The van der Waals surface area contributed by atoms with Gasteiger partial charge in [-0.25, -0.2) is 0 Å². The third kappa shape index (κ3) is 53.5. The number of carbonyl (C=O) groups excluding carboxylic acids is 3. The molecule has 1 atom stereocenters. The molecule has 0 heterocycles. The summed E-state index contributed by atoms with van der Waals surface area (Å²) in [6, 6.07) is 0. The van der Waals surface area contributed by atoms with E-state index in [2.05, 4.69) is 106 Å². The van der Waals surface area contributed by atoms with Crippen molar-refractivity contribution in [3.05, 3.63) is 85.1 Å². The molecule has 0 spiro atoms. The van der Waals surface area contributed by atoms with Crippen LogP contribution in [-0.2, 0) is 28.6 Å². The topological polar surface area (TPSA) is 78.9 Å². The van der Waals surface area contributed by atoms with E-state index in [1.165, 1.54) is 148 Å². The highest BCUT2D eigenvalue weighted by atomic mass is 16.6. The van der Waals surface area contributed by atoms with Crippen molar-refractivity contribution in [2.75, 3.05) is 13.2 Å². The van der Waals surface area contributed by atoms with Gasteiger partial charge in [0.1, 0.15) is 13.2 Å². The number of esters is 3. The lowest BCUT2D eigenvalue weighted by Crippen LogP contribution is -2.30. The number of allylic oxidation sites excluding steroid dienone is 14. The Morgan fingerprint density at radius 2 is 0.588 bits per heavy atom. The van der Waals surface area contributed by atoms with E-state index in [0.717, 1.165) is 77.0 Å². The van der Waals surface area contributed by atoms with Gasteiger partial charge in [-0.2, -0.15) is 0 Å². The molecule has 0 aliphatic rings. The Hall–Kier alpha value is -3.41. The van der Waals surface area contributed by atoms with Crippen LogP contribution >= 0.6 is 0 Å². The van der Waals surface area contributed by atoms with Crippen molar-refractivity contribution >= 4 is 17.9 Å². The van der Waals surface area contributed by atoms with Gasteiger partial charge in [0, 0.05) is 19.3 Å². The first kappa shape index (κ1) is 64.6. The summed E-state index contributed by atoms with van der Waals surface area (Å²) in [5, 5.41) is 0. The van der Waals surface area contributed by atoms with Gasteiger partial charge in [-0.3, -0.25) is 14.4 Å². The SMILES string of the molecule is CCCCC/C=C\C=C/CCCCCCCCCCCCC(=O)OCC(COC(=O)CCCCC/C=C\CCCCCCCCC)OC(=O)CCC/C=C\C/C=C\C/C=C\C/C=C\CCCCC. The minimum atomic E-state index is -0.813. The largest absolute Gasteiger partial charge is 0.462 e. The van der Waals surface area contributed by atoms with Gasteiger partial charge >= 0.3 is 17.9 Å². The standard InChI is InChI=1S/C62H106O6/c1-4-7-10-13-16-19-22-25-28-30-31-33-34-37-40-43-46-49-52-55-61(64)67-58-59(57-66-60(63)54-51-48-45-42-39-36-27-24-21-18-15-12-9-6-3)68-62(65)56-53-50-47-44-41-38-35-32-29-26-23-20-17-14-11-8-5-2/h16-17,19-20,22,25-26,29,35-36,38-39,44,47,59H,4-15,18,21,23-24,27-28,30-34,37,40-43,45-46,48-58H2,1-3H3/b19-16-,20-17-,25-22-,29-26-,38-35-,39-36-,47-44-. The van der Waals surface area contributed by atoms with Crippen molar-refractivity contribution in [1.82, 2.24) is 0 Å². The molecule has 0 radical (unpaired) electrons. The Bertz CT molecular complexity index is 1320. The zero-order valence-corrected chi connectivity index (χ0v) is 44.6. The van der Waals surface area contributed by atoms with Crippen LogP contribution in [0.1, 0.15) is 271 Å². The summed E-state index contributed by atoms with van der Waals surface area (Å²) in [7, 11) is 0. The van der Waals surface area contributed by atoms with Crippen molar-refractivity contribution in [2.24, 2.45) is 0 Å². The maximum Gasteiger partial charge on any atom is 0.306 e. The molecule has 0 saturated carbocycles. The summed E-state index contributed by atoms with van der Waals surface area (Å²) in [4.78, 5) is 38.1. The molecule has 68 heavy (non-hydrogen) atoms. The first-order chi connectivity index (χ1) is 33.5. The predicted octanol–water partition coefficient (Wildman–Crippen LogP) is 19.2. The smallest absolute Gasteiger partial charge is 0.306 e. The molecule has 0 aliphatic carbocycles. The first-order valence-electron chi connectivity index (χ1n) is 28.6. The molecule has 0 aliphatic heterocycles. The van der Waals surface area contributed by atoms with Crippen LogP contribution in [0.15, 0.2) is 85.1 Å². The molecular formula is C62H106O6. The van der Waals surface area contributed by atoms with E-state index in [1.807, 2.05) is 0 Å². The molecule has 6 nitrogen and oxygen atoms in total. The third-order valence-electron chi connectivity index (χ3n) is 12.1. The van der Waals surface area contributed by atoms with E-state index in [4.69, 9.17) is 14.2 Å². The zero-order chi connectivity index (χ0) is 49.3. The molecule has 0 fully saturated rings. The Labute approximate surface area is 420 Å². The predicted molar refractivity (Wildman–Crippen MR) is 293 cm³/mol. The van der Waals surface area contributed by atoms with Crippen molar-refractivity contribution in [3.8, 4) is 0 Å². The second kappa shape index (κ2) is 56.2. The summed E-state index contributed by atoms with van der Waals surface area (Å²) in [6.45, 7) is 6.53. The second-order valence-corrected chi connectivity index (χ2v) is 18.9. The van der Waals surface area contributed by atoms with Crippen LogP contribution in [-0.4, -0.2) is 37.2 Å². The molecule has 0 aromatic carbocycles. The molecule has 0 N–H and O–H groups in total. The highest BCUT2D eigenvalue weighted by Crippen LogP contribution is 2.14. The maximum atomic E-state index is 12.8. The number of rotatable bonds is 51. The average Bonchev–Trinajstić information content (AvgIpc) is 3.34. The molecule has 0 aromatic rings. The van der Waals surface area contributed by atoms with Gasteiger partial charge in [-0.05, 0) is 109 Å². The van der Waals surface area contributed by atoms with Crippen LogP contribution in [0, 0.1) is 0 Å². The van der Waals surface area contributed by atoms with Crippen LogP contribution in [0.25, 0.3) is 0 Å². The van der Waals surface area contributed by atoms with Gasteiger partial charge in [0.05, 0.1) is 0 Å². The lowest BCUT2D eigenvalue weighted by molar-refractivity contribution is -0.167. The van der Waals surface area contributed by atoms with Crippen molar-refractivity contribution in [3.63, 3.8) is 0 Å². The lowest BCUT2D eigenvalue weighted by atomic mass is 10.1. The number of ether oxygens (including phenoxy) is 3. The van der Waals surface area contributed by atoms with E-state index < -0.39 is 6.10 Å². The second-order valence-electron chi connectivity index (χ2n) is 18.9. The van der Waals surface area contributed by atoms with Crippen LogP contribution in [0.3, 0.4) is 0 Å². The zero-order valence-electron chi connectivity index (χ0n) is 44.6. The van der Waals surface area contributed by atoms with Crippen molar-refractivity contribution in [2.45, 2.75) is 277 Å². The molecule has 0 rings (SSSR count). The summed E-state index contributed by atoms with van der Waals surface area (Å²) in [6.07, 6.45) is 72.9. The van der Waals surface area contributed by atoms with Crippen molar-refractivity contribution in [1.29, 1.82) is 0 Å². The fourth-order valence-electron chi connectivity index (χ4n) is 7.77. The van der Waals surface area contributed by atoms with Gasteiger partial charge in [0.25, 0.3) is 0 Å². The van der Waals surface area contributed by atoms with E-state index in [9.17, 15) is 14.4 Å². The van der Waals surface area contributed by atoms with E-state index in [1.54, 1.807) is 0 Å². The van der Waals surface area contributed by atoms with E-state index >= 15 is 0 Å². The number of unbranched alkanes of at least 4 members (excludes halogenated alkanes) is 27. The van der Waals surface area contributed by atoms with Gasteiger partial charge in [-0.15, -0.1) is 0 Å². The Morgan fingerprint density at radius 1 is 0.309 bits per heavy atom. The van der Waals surface area contributed by atoms with E-state index in [0.29, 0.717) is 19.3 Å². The fourth-order valence-corrected chi connectivity index (χ4v) is 7.77. The Morgan fingerprint density at radius 3 is 1.01 bits per heavy atom. The lowest BCUT2D eigenvalue weighted by Gasteiger charge is -2.18. The quantitative estimate of drug-likeness (QED) is 0.0199. The molecule has 0 saturated heterocycles. The molecule has 0 bridgehead atoms. The highest BCUT2D eigenvalue weighted by Gasteiger charge is 2.19. The van der Waals surface area contributed by atoms with Gasteiger partial charge in [0.2, 0.25) is 0 Å². The molecule has 6 heteroatoms. The third-order valence-corrected chi connectivity index (χ3v) is 12.1. The van der Waals surface area contributed by atoms with Crippen LogP contribution in [0.5, 0.6) is 0 Å². The van der Waals surface area contributed by atoms with E-state index in [-0.39, 0.29) is 37.5 Å². The minimum absolute atomic E-state index is 0.104. The monoisotopic (exact) mass is 947 g/mol. The van der Waals surface area contributed by atoms with Gasteiger partial charge in [0.15, 0.2) is 6.10 Å². The van der Waals surface area contributed by atoms with Crippen molar-refractivity contribution < 1.29 is 28.6 Å². The van der Waals surface area contributed by atoms with Crippen LogP contribution in [0.4, 0.5) is 0 Å². The number of carbonyl (C=O) groups is 3. The van der Waals surface area contributed by atoms with Gasteiger partial charge in [-0.1, -0.05) is 228 Å². The highest BCUT2D eigenvalue weighted by molar-refractivity contribution is 5.71. The first-order valence-corrected chi connectivity index (χ1v) is 28.6. The molecule has 0 amide bonds. The fraction of sp³-hybridized carbons (Fsp3) is 0.726. The van der Waals surface area contributed by atoms with Crippen LogP contribution in [0.2, 0.25) is 0 Å². The summed E-state index contributed by atoms with van der Waals surface area (Å²) in [5.74, 6) is -0.976. The van der Waals surface area contributed by atoms with Gasteiger partial charge < -0.3 is 14.2 Å². The summed E-state index contributed by atoms with van der Waals surface area (Å²) < 4.78 is 16.8. The average molecular weight is 948 g/mol. The number of hydrogen-bond acceptors (Lipinski definition) is 6. The summed E-state index contributed by atoms with van der Waals surface area (Å²) in [5.41, 5.74) is 0. The maximum absolute atomic E-state index is 12.8. The molecule has 390 valence electrons. The minimum Gasteiger partial charge on any atom is -0.462 e.